The van der Waals surface area contributed by atoms with E-state index in [1.807, 2.05) is 4.90 Å². The number of cyclic esters (lactones) is 1. The summed E-state index contributed by atoms with van der Waals surface area (Å²) in [5, 5.41) is 0.0979. The van der Waals surface area contributed by atoms with Crippen LogP contribution in [0, 0.1) is 5.82 Å². The van der Waals surface area contributed by atoms with Crippen LogP contribution in [0.1, 0.15) is 34.1 Å². The van der Waals surface area contributed by atoms with Crippen LogP contribution in [0.4, 0.5) is 20.6 Å². The highest BCUT2D eigenvalue weighted by Gasteiger charge is 2.42. The summed E-state index contributed by atoms with van der Waals surface area (Å²) < 4.78 is 26.9. The van der Waals surface area contributed by atoms with Crippen molar-refractivity contribution >= 4 is 31.7 Å². The van der Waals surface area contributed by atoms with Crippen LogP contribution >= 0.6 is 0 Å². The second-order valence-corrected chi connectivity index (χ2v) is 14.7. The molecule has 0 aromatic heterocycles. The van der Waals surface area contributed by atoms with Gasteiger partial charge in [-0.2, -0.15) is 0 Å². The Bertz CT molecular complexity index is 858. The Kier molecular flexibility index (Phi) is 6.39. The van der Waals surface area contributed by atoms with Crippen molar-refractivity contribution in [3.05, 3.63) is 24.0 Å². The lowest BCUT2D eigenvalue weighted by Gasteiger charge is -2.38. The Labute approximate surface area is 185 Å². The van der Waals surface area contributed by atoms with Crippen LogP contribution in [0.3, 0.4) is 0 Å². The normalized spacial score (nSPS) is 22.1. The Morgan fingerprint density at radius 3 is 2.58 bits per heavy atom. The molecule has 3 rings (SSSR count). The summed E-state index contributed by atoms with van der Waals surface area (Å²) in [6.45, 7) is 13.8. The van der Waals surface area contributed by atoms with E-state index in [1.54, 1.807) is 19.2 Å². The minimum atomic E-state index is -1.94. The number of para-hydroxylation sites is 1. The second-order valence-electron chi connectivity index (χ2n) is 9.92. The maximum Gasteiger partial charge on any atom is 0.416 e. The summed E-state index contributed by atoms with van der Waals surface area (Å²) in [5.41, 5.74) is 0.837. The van der Waals surface area contributed by atoms with Crippen molar-refractivity contribution in [2.45, 2.75) is 64.6 Å². The van der Waals surface area contributed by atoms with Crippen molar-refractivity contribution < 1.29 is 23.1 Å². The minimum Gasteiger partial charge on any atom is -0.423 e. The Morgan fingerprint density at radius 2 is 1.97 bits per heavy atom. The fraction of sp³-hybridized carbons (Fsp3) is 0.636. The molecule has 2 heterocycles. The molecule has 2 atom stereocenters. The number of nitrogens with zero attached hydrogens (tertiary/aromatic N) is 3. The number of carbonyl (C=O) groups is 2. The third-order valence-electron chi connectivity index (χ3n) is 6.71. The summed E-state index contributed by atoms with van der Waals surface area (Å²) >= 11 is 0. The van der Waals surface area contributed by atoms with Gasteiger partial charge in [-0.1, -0.05) is 26.8 Å². The first-order valence-electron chi connectivity index (χ1n) is 10.7. The topological polar surface area (TPSA) is 62.3 Å². The molecule has 172 valence electrons. The molecule has 2 fully saturated rings. The van der Waals surface area contributed by atoms with Crippen molar-refractivity contribution in [3.63, 3.8) is 0 Å². The molecule has 0 radical (unpaired) electrons. The number of rotatable bonds is 5. The molecule has 9 heteroatoms. The van der Waals surface area contributed by atoms with Gasteiger partial charge in [0.25, 0.3) is 0 Å². The maximum atomic E-state index is 15.0. The van der Waals surface area contributed by atoms with Crippen molar-refractivity contribution in [1.29, 1.82) is 0 Å². The van der Waals surface area contributed by atoms with Crippen LogP contribution < -0.4 is 9.80 Å². The van der Waals surface area contributed by atoms with Crippen molar-refractivity contribution in [2.75, 3.05) is 36.5 Å². The largest absolute Gasteiger partial charge is 0.423 e. The van der Waals surface area contributed by atoms with Gasteiger partial charge in [0.2, 0.25) is 5.91 Å². The zero-order chi connectivity index (χ0) is 23.1. The highest BCUT2D eigenvalue weighted by molar-refractivity contribution is 6.74. The molecule has 2 aliphatic rings. The highest BCUT2D eigenvalue weighted by atomic mass is 28.4. The van der Waals surface area contributed by atoms with E-state index in [0.717, 1.165) is 6.42 Å². The van der Waals surface area contributed by atoms with Crippen LogP contribution in [0.25, 0.3) is 0 Å². The third-order valence-corrected chi connectivity index (χ3v) is 11.2. The lowest BCUT2D eigenvalue weighted by molar-refractivity contribution is -0.134. The van der Waals surface area contributed by atoms with Crippen molar-refractivity contribution in [3.8, 4) is 0 Å². The van der Waals surface area contributed by atoms with Gasteiger partial charge in [0.05, 0.1) is 24.0 Å². The Balaban J connectivity index is 1.81. The second kappa shape index (κ2) is 8.42. The van der Waals surface area contributed by atoms with Crippen LogP contribution in [0.5, 0.6) is 0 Å². The lowest BCUT2D eigenvalue weighted by atomic mass is 10.2. The zero-order valence-electron chi connectivity index (χ0n) is 19.6. The van der Waals surface area contributed by atoms with E-state index >= 15 is 4.39 Å². The summed E-state index contributed by atoms with van der Waals surface area (Å²) in [6, 6.07) is 4.71. The minimum absolute atomic E-state index is 0.0236. The molecule has 0 spiro atoms. The summed E-state index contributed by atoms with van der Waals surface area (Å²) in [4.78, 5) is 29.0. The molecule has 1 aromatic carbocycles. The van der Waals surface area contributed by atoms with Crippen molar-refractivity contribution in [2.24, 2.45) is 0 Å². The number of ether oxygens (including phenoxy) is 1. The van der Waals surface area contributed by atoms with E-state index in [-0.39, 0.29) is 29.4 Å². The number of likely N-dealkylation sites (N-methyl/N-ethyl adjacent to an activating group) is 1. The molecule has 31 heavy (non-hydrogen) atoms. The lowest BCUT2D eigenvalue weighted by Crippen LogP contribution is -2.44. The number of benzene rings is 1. The van der Waals surface area contributed by atoms with Crippen molar-refractivity contribution in [1.82, 2.24) is 4.90 Å². The number of carbonyl (C=O) groups excluding carboxylic acids is 2. The van der Waals surface area contributed by atoms with Gasteiger partial charge in [-0.3, -0.25) is 9.69 Å². The summed E-state index contributed by atoms with van der Waals surface area (Å²) in [5.74, 6) is -0.592. The molecule has 2 unspecified atom stereocenters. The predicted molar refractivity (Wildman–Crippen MR) is 121 cm³/mol. The first-order valence-corrected chi connectivity index (χ1v) is 13.7. The first kappa shape index (κ1) is 23.5. The molecule has 0 aliphatic carbocycles. The molecule has 2 aliphatic heterocycles. The maximum absolute atomic E-state index is 15.0. The molecule has 0 bridgehead atoms. The van der Waals surface area contributed by atoms with Gasteiger partial charge < -0.3 is 19.0 Å². The van der Waals surface area contributed by atoms with Gasteiger partial charge >= 0.3 is 6.09 Å². The molecule has 1 aromatic rings. The van der Waals surface area contributed by atoms with Gasteiger partial charge in [0, 0.05) is 27.1 Å². The van der Waals surface area contributed by atoms with E-state index in [9.17, 15) is 9.59 Å². The SMILES string of the molecule is CC(=O)N(C)C1CN(c2cccc(F)c2N2CCC(O[Si](C)(C)C(C)(C)C)C2)C(=O)O1. The summed E-state index contributed by atoms with van der Waals surface area (Å²) in [6.07, 6.45) is -0.455. The monoisotopic (exact) mass is 451 g/mol. The van der Waals surface area contributed by atoms with Gasteiger partial charge in [-0.25, -0.2) is 9.18 Å². The molecule has 7 nitrogen and oxygen atoms in total. The number of halogens is 1. The van der Waals surface area contributed by atoms with Gasteiger partial charge in [-0.15, -0.1) is 0 Å². The van der Waals surface area contributed by atoms with E-state index in [0.29, 0.717) is 24.5 Å². The quantitative estimate of drug-likeness (QED) is 0.628. The predicted octanol–water partition coefficient (Wildman–Crippen LogP) is 4.19. The average Bonchev–Trinajstić information content (AvgIpc) is 3.26. The smallest absolute Gasteiger partial charge is 0.416 e. The molecule has 2 saturated heterocycles. The van der Waals surface area contributed by atoms with E-state index < -0.39 is 20.6 Å². The number of anilines is 2. The number of hydrogen-bond donors (Lipinski definition) is 0. The van der Waals surface area contributed by atoms with E-state index in [4.69, 9.17) is 9.16 Å². The van der Waals surface area contributed by atoms with E-state index in [1.165, 1.54) is 22.8 Å². The van der Waals surface area contributed by atoms with Crippen LogP contribution in [-0.2, 0) is 14.0 Å². The van der Waals surface area contributed by atoms with Gasteiger partial charge in [-0.05, 0) is 36.7 Å². The molecular weight excluding hydrogens is 417 g/mol. The fourth-order valence-corrected chi connectivity index (χ4v) is 5.08. The number of amides is 2. The first-order chi connectivity index (χ1) is 14.3. The van der Waals surface area contributed by atoms with Crippen LogP contribution in [0.15, 0.2) is 18.2 Å². The third kappa shape index (κ3) is 4.72. The van der Waals surface area contributed by atoms with Crippen LogP contribution in [0.2, 0.25) is 18.1 Å². The van der Waals surface area contributed by atoms with Gasteiger partial charge in [0.1, 0.15) is 5.82 Å². The van der Waals surface area contributed by atoms with Crippen LogP contribution in [-0.4, -0.2) is 64.2 Å². The Hall–Kier alpha value is -2.13. The fourth-order valence-electron chi connectivity index (χ4n) is 3.70. The molecule has 0 saturated carbocycles. The standard InChI is InChI=1S/C22H34FN3O4Si/c1-15(27)24(5)19-14-26(21(28)29-19)18-10-8-9-17(23)20(18)25-12-11-16(13-25)30-31(6,7)22(2,3)4/h8-10,16,19H,11-14H2,1-7H3. The molecule has 2 amide bonds. The van der Waals surface area contributed by atoms with E-state index in [2.05, 4.69) is 33.9 Å². The van der Waals surface area contributed by atoms with Gasteiger partial charge in [0.15, 0.2) is 14.5 Å². The average molecular weight is 452 g/mol. The molecule has 0 N–H and O–H groups in total. The Morgan fingerprint density at radius 1 is 1.29 bits per heavy atom. The molecular formula is C22H34FN3O4Si. The zero-order valence-corrected chi connectivity index (χ0v) is 20.6. The number of hydrogen-bond acceptors (Lipinski definition) is 5. The summed E-state index contributed by atoms with van der Waals surface area (Å²) in [7, 11) is -0.356. The highest BCUT2D eigenvalue weighted by Crippen LogP contribution is 2.40.